The van der Waals surface area contributed by atoms with Gasteiger partial charge in [0.15, 0.2) is 0 Å². The van der Waals surface area contributed by atoms with Crippen molar-refractivity contribution in [2.45, 2.75) is 58.8 Å². The topological polar surface area (TPSA) is 35.5 Å². The summed E-state index contributed by atoms with van der Waals surface area (Å²) in [6.07, 6.45) is 8.58. The molecule has 0 aromatic carbocycles. The van der Waals surface area contributed by atoms with E-state index in [0.29, 0.717) is 16.7 Å². The van der Waals surface area contributed by atoms with Crippen LogP contribution < -0.4 is 0 Å². The lowest BCUT2D eigenvalue weighted by molar-refractivity contribution is -0.149. The van der Waals surface area contributed by atoms with Crippen molar-refractivity contribution < 1.29 is 14.3 Å². The molecule has 0 spiro atoms. The second kappa shape index (κ2) is 5.51. The smallest absolute Gasteiger partial charge is 0.309 e. The molecule has 0 aromatic heterocycles. The van der Waals surface area contributed by atoms with Gasteiger partial charge < -0.3 is 9.47 Å². The summed E-state index contributed by atoms with van der Waals surface area (Å²) in [5.74, 6) is 3.18. The summed E-state index contributed by atoms with van der Waals surface area (Å²) >= 11 is 0. The Labute approximate surface area is 146 Å². The van der Waals surface area contributed by atoms with Gasteiger partial charge in [0.1, 0.15) is 0 Å². The molecule has 4 saturated carbocycles. The molecule has 7 unspecified atom stereocenters. The first-order valence-corrected chi connectivity index (χ1v) is 9.74. The minimum atomic E-state index is -0.0808. The number of esters is 1. The number of carbonyl (C=O) groups is 1. The van der Waals surface area contributed by atoms with Crippen LogP contribution in [0.25, 0.3) is 0 Å². The quantitative estimate of drug-likeness (QED) is 0.546. The van der Waals surface area contributed by atoms with Crippen LogP contribution in [0.15, 0.2) is 12.3 Å². The second-order valence-corrected chi connectivity index (χ2v) is 9.70. The van der Waals surface area contributed by atoms with Gasteiger partial charge in [-0.05, 0) is 73.5 Å². The lowest BCUT2D eigenvalue weighted by Crippen LogP contribution is -2.34. The number of rotatable bonds is 5. The fourth-order valence-electron chi connectivity index (χ4n) is 5.71. The van der Waals surface area contributed by atoms with Crippen molar-refractivity contribution in [3.8, 4) is 0 Å². The normalized spacial score (nSPS) is 48.7. The average Bonchev–Trinajstić information content (AvgIpc) is 3.42. The Morgan fingerprint density at radius 3 is 2.50 bits per heavy atom. The van der Waals surface area contributed by atoms with Crippen LogP contribution in [0.1, 0.15) is 58.8 Å². The highest BCUT2D eigenvalue weighted by Crippen LogP contribution is 2.65. The van der Waals surface area contributed by atoms with Crippen LogP contribution in [0.3, 0.4) is 0 Å². The number of hydrogen-bond donors (Lipinski definition) is 0. The molecule has 0 aromatic rings. The van der Waals surface area contributed by atoms with Crippen LogP contribution in [-0.2, 0) is 14.3 Å². The van der Waals surface area contributed by atoms with E-state index < -0.39 is 0 Å². The molecule has 4 fully saturated rings. The van der Waals surface area contributed by atoms with Gasteiger partial charge in [-0.1, -0.05) is 20.4 Å². The Morgan fingerprint density at radius 2 is 1.79 bits per heavy atom. The van der Waals surface area contributed by atoms with Crippen molar-refractivity contribution in [3.63, 3.8) is 0 Å². The summed E-state index contributed by atoms with van der Waals surface area (Å²) in [4.78, 5) is 12.3. The fourth-order valence-corrected chi connectivity index (χ4v) is 5.71. The maximum atomic E-state index is 12.3. The van der Waals surface area contributed by atoms with E-state index in [1.165, 1.54) is 39.2 Å². The summed E-state index contributed by atoms with van der Waals surface area (Å²) in [6, 6.07) is 0. The van der Waals surface area contributed by atoms with Crippen LogP contribution in [0, 0.1) is 40.4 Å². The van der Waals surface area contributed by atoms with Crippen molar-refractivity contribution in [2.75, 3.05) is 13.7 Å². The van der Waals surface area contributed by atoms with Crippen molar-refractivity contribution in [2.24, 2.45) is 40.4 Å². The van der Waals surface area contributed by atoms with E-state index in [4.69, 9.17) is 9.47 Å². The van der Waals surface area contributed by atoms with E-state index in [2.05, 4.69) is 20.4 Å². The Bertz CT molecular complexity index is 555. The molecule has 0 aliphatic heterocycles. The number of allylic oxidation sites excluding steroid dienone is 1. The average molecular weight is 332 g/mol. The molecule has 4 aliphatic carbocycles. The molecule has 0 saturated heterocycles. The van der Waals surface area contributed by atoms with E-state index in [1.54, 1.807) is 0 Å². The van der Waals surface area contributed by atoms with Crippen molar-refractivity contribution >= 4 is 5.97 Å². The van der Waals surface area contributed by atoms with Gasteiger partial charge >= 0.3 is 5.97 Å². The zero-order valence-electron chi connectivity index (χ0n) is 15.5. The first-order valence-electron chi connectivity index (χ1n) is 9.74. The molecule has 7 atom stereocenters. The van der Waals surface area contributed by atoms with Crippen molar-refractivity contribution in [1.29, 1.82) is 0 Å². The molecule has 0 heterocycles. The summed E-state index contributed by atoms with van der Waals surface area (Å²) in [6.45, 7) is 9.75. The Morgan fingerprint density at radius 1 is 1.08 bits per heavy atom. The molecule has 0 bridgehead atoms. The third-order valence-electron chi connectivity index (χ3n) is 7.95. The lowest BCUT2D eigenvalue weighted by atomic mass is 9.73. The van der Waals surface area contributed by atoms with Gasteiger partial charge in [-0.25, -0.2) is 0 Å². The van der Waals surface area contributed by atoms with Crippen LogP contribution in [0.4, 0.5) is 0 Å². The third kappa shape index (κ3) is 2.78. The first-order chi connectivity index (χ1) is 11.3. The molecule has 0 radical (unpaired) electrons. The number of ether oxygens (including phenoxy) is 2. The zero-order valence-corrected chi connectivity index (χ0v) is 15.5. The van der Waals surface area contributed by atoms with Crippen LogP contribution in [-0.4, -0.2) is 19.7 Å². The molecule has 4 aliphatic rings. The van der Waals surface area contributed by atoms with Gasteiger partial charge in [-0.15, -0.1) is 0 Å². The maximum Gasteiger partial charge on any atom is 0.309 e. The summed E-state index contributed by atoms with van der Waals surface area (Å²) < 4.78 is 11.2. The standard InChI is InChI=1S/C21H32O3/c1-13(24-12-14-5-6-20(2)9-15(20)7-14)17-8-16-10-21(16,3)11-18(17)19(22)23-4/h14-18H,1,5-12H2,2-4H3. The number of hydrogen-bond acceptors (Lipinski definition) is 3. The van der Waals surface area contributed by atoms with Gasteiger partial charge in [0.2, 0.25) is 0 Å². The Balaban J connectivity index is 1.33. The predicted molar refractivity (Wildman–Crippen MR) is 93.1 cm³/mol. The van der Waals surface area contributed by atoms with Crippen molar-refractivity contribution in [1.82, 2.24) is 0 Å². The molecule has 0 amide bonds. The largest absolute Gasteiger partial charge is 0.498 e. The highest BCUT2D eigenvalue weighted by Gasteiger charge is 2.58. The summed E-state index contributed by atoms with van der Waals surface area (Å²) in [7, 11) is 1.50. The van der Waals surface area contributed by atoms with Gasteiger partial charge in [0, 0.05) is 5.92 Å². The number of methoxy groups -OCH3 is 1. The molecular formula is C21H32O3. The minimum Gasteiger partial charge on any atom is -0.498 e. The van der Waals surface area contributed by atoms with Gasteiger partial charge in [0.05, 0.1) is 25.4 Å². The van der Waals surface area contributed by atoms with Gasteiger partial charge in [-0.2, -0.15) is 0 Å². The van der Waals surface area contributed by atoms with E-state index in [1.807, 2.05) is 0 Å². The predicted octanol–water partition coefficient (Wildman–Crippen LogP) is 4.57. The molecule has 3 nitrogen and oxygen atoms in total. The van der Waals surface area contributed by atoms with E-state index >= 15 is 0 Å². The van der Waals surface area contributed by atoms with Gasteiger partial charge in [0.25, 0.3) is 0 Å². The highest BCUT2D eigenvalue weighted by atomic mass is 16.5. The first kappa shape index (κ1) is 16.5. The lowest BCUT2D eigenvalue weighted by Gasteiger charge is -2.34. The zero-order chi connectivity index (χ0) is 17.1. The van der Waals surface area contributed by atoms with Crippen molar-refractivity contribution in [3.05, 3.63) is 12.3 Å². The maximum absolute atomic E-state index is 12.3. The third-order valence-corrected chi connectivity index (χ3v) is 7.95. The Kier molecular flexibility index (Phi) is 3.78. The SMILES string of the molecule is C=C(OCC1CCC2(C)CC2C1)C1CC2CC2(C)CC1C(=O)OC. The van der Waals surface area contributed by atoms with E-state index in [9.17, 15) is 4.79 Å². The minimum absolute atomic E-state index is 0.0654. The summed E-state index contributed by atoms with van der Waals surface area (Å²) in [5, 5.41) is 0. The Hall–Kier alpha value is -0.990. The molecule has 4 rings (SSSR count). The van der Waals surface area contributed by atoms with E-state index in [0.717, 1.165) is 37.0 Å². The second-order valence-electron chi connectivity index (χ2n) is 9.70. The van der Waals surface area contributed by atoms with Crippen LogP contribution in [0.5, 0.6) is 0 Å². The molecule has 134 valence electrons. The summed E-state index contributed by atoms with van der Waals surface area (Å²) in [5.41, 5.74) is 1.01. The highest BCUT2D eigenvalue weighted by molar-refractivity contribution is 5.73. The molecule has 24 heavy (non-hydrogen) atoms. The van der Waals surface area contributed by atoms with Crippen LogP contribution in [0.2, 0.25) is 0 Å². The number of fused-ring (bicyclic) bond motifs is 2. The monoisotopic (exact) mass is 332 g/mol. The molecular weight excluding hydrogens is 300 g/mol. The van der Waals surface area contributed by atoms with E-state index in [-0.39, 0.29) is 17.8 Å². The molecule has 3 heteroatoms. The fraction of sp³-hybridized carbons (Fsp3) is 0.857. The van der Waals surface area contributed by atoms with Crippen LogP contribution >= 0.6 is 0 Å². The van der Waals surface area contributed by atoms with Gasteiger partial charge in [-0.3, -0.25) is 4.79 Å². The molecule has 0 N–H and O–H groups in total. The number of carbonyl (C=O) groups excluding carboxylic acids is 1.